The first-order valence-electron chi connectivity index (χ1n) is 8.45. The number of anilines is 4. The molecule has 3 rings (SSSR count). The third-order valence-corrected chi connectivity index (χ3v) is 3.91. The Bertz CT molecular complexity index is 897. The summed E-state index contributed by atoms with van der Waals surface area (Å²) >= 11 is 6.22. The first kappa shape index (κ1) is 18.9. The van der Waals surface area contributed by atoms with Gasteiger partial charge < -0.3 is 20.3 Å². The molecule has 27 heavy (non-hydrogen) atoms. The molecular weight excluding hydrogens is 366 g/mol. The molecule has 3 N–H and O–H groups in total. The third-order valence-electron chi connectivity index (χ3n) is 3.60. The molecule has 3 aromatic rings. The number of aromatic amines is 1. The van der Waals surface area contributed by atoms with Crippen LogP contribution in [0.4, 0.5) is 23.1 Å². The predicted molar refractivity (Wildman–Crippen MR) is 107 cm³/mol. The summed E-state index contributed by atoms with van der Waals surface area (Å²) in [7, 11) is 3.99. The number of nitrogens with zero attached hydrogens (tertiary/aromatic N) is 4. The maximum Gasteiger partial charge on any atom is 0.153 e. The Kier molecular flexibility index (Phi) is 6.10. The van der Waals surface area contributed by atoms with E-state index in [1.807, 2.05) is 44.1 Å². The number of halogens is 1. The van der Waals surface area contributed by atoms with Gasteiger partial charge in [-0.2, -0.15) is 5.10 Å². The Balaban J connectivity index is 1.68. The molecule has 0 spiro atoms. The predicted octanol–water partition coefficient (Wildman–Crippen LogP) is 3.59. The number of aromatic nitrogens is 4. The lowest BCUT2D eigenvalue weighted by molar-refractivity contribution is 0.261. The monoisotopic (exact) mass is 387 g/mol. The number of aryl methyl sites for hydroxylation is 1. The molecule has 0 atom stereocenters. The molecule has 2 aromatic heterocycles. The van der Waals surface area contributed by atoms with Crippen molar-refractivity contribution in [1.29, 1.82) is 0 Å². The van der Waals surface area contributed by atoms with Crippen LogP contribution in [0, 0.1) is 6.92 Å². The van der Waals surface area contributed by atoms with Crippen LogP contribution in [0.15, 0.2) is 36.7 Å². The normalized spacial score (nSPS) is 10.9. The van der Waals surface area contributed by atoms with Crippen LogP contribution >= 0.6 is 11.6 Å². The average Bonchev–Trinajstić information content (AvgIpc) is 3.02. The molecule has 0 unspecified atom stereocenters. The van der Waals surface area contributed by atoms with Crippen molar-refractivity contribution in [2.45, 2.75) is 6.92 Å². The van der Waals surface area contributed by atoms with Gasteiger partial charge in [0.2, 0.25) is 0 Å². The lowest BCUT2D eigenvalue weighted by Crippen LogP contribution is -2.19. The second-order valence-electron chi connectivity index (χ2n) is 6.27. The summed E-state index contributed by atoms with van der Waals surface area (Å²) in [6, 6.07) is 7.38. The van der Waals surface area contributed by atoms with Crippen LogP contribution in [0.1, 0.15) is 5.69 Å². The van der Waals surface area contributed by atoms with E-state index in [1.54, 1.807) is 18.5 Å². The lowest BCUT2D eigenvalue weighted by Gasteiger charge is -2.13. The van der Waals surface area contributed by atoms with Crippen molar-refractivity contribution in [1.82, 2.24) is 25.1 Å². The van der Waals surface area contributed by atoms with E-state index in [0.29, 0.717) is 34.8 Å². The summed E-state index contributed by atoms with van der Waals surface area (Å²) in [6.07, 6.45) is 3.27. The second-order valence-corrected chi connectivity index (χ2v) is 6.68. The Labute approximate surface area is 162 Å². The molecule has 0 bridgehead atoms. The van der Waals surface area contributed by atoms with Gasteiger partial charge >= 0.3 is 0 Å². The van der Waals surface area contributed by atoms with Gasteiger partial charge in [-0.1, -0.05) is 11.6 Å². The molecule has 0 amide bonds. The number of nitrogens with one attached hydrogen (secondary N) is 3. The SMILES string of the molecule is Cc1cc(Nc2cncc(Nc3ccc(Cl)c(OCCN(C)C)c3)n2)n[nH]1. The number of likely N-dealkylation sites (N-methyl/N-ethyl adjacent to an activating group) is 1. The summed E-state index contributed by atoms with van der Waals surface area (Å²) in [5, 5.41) is 13.9. The minimum absolute atomic E-state index is 0.554. The van der Waals surface area contributed by atoms with Gasteiger partial charge in [-0.05, 0) is 33.2 Å². The molecule has 2 heterocycles. The quantitative estimate of drug-likeness (QED) is 0.544. The van der Waals surface area contributed by atoms with E-state index in [2.05, 4.69) is 30.8 Å². The molecule has 9 heteroatoms. The summed E-state index contributed by atoms with van der Waals surface area (Å²) in [5.74, 6) is 2.48. The van der Waals surface area contributed by atoms with Crippen molar-refractivity contribution in [3.8, 4) is 5.75 Å². The first-order valence-corrected chi connectivity index (χ1v) is 8.82. The van der Waals surface area contributed by atoms with Crippen molar-refractivity contribution in [2.24, 2.45) is 0 Å². The van der Waals surface area contributed by atoms with Crippen LogP contribution in [-0.2, 0) is 0 Å². The van der Waals surface area contributed by atoms with Crippen LogP contribution in [0.2, 0.25) is 5.02 Å². The largest absolute Gasteiger partial charge is 0.491 e. The number of benzene rings is 1. The molecular formula is C18H22ClN7O. The van der Waals surface area contributed by atoms with E-state index in [9.17, 15) is 0 Å². The molecule has 0 aliphatic heterocycles. The van der Waals surface area contributed by atoms with Gasteiger partial charge in [0.1, 0.15) is 12.4 Å². The van der Waals surface area contributed by atoms with Crippen LogP contribution in [0.5, 0.6) is 5.75 Å². The Morgan fingerprint density at radius 3 is 2.59 bits per heavy atom. The Hall–Kier alpha value is -2.84. The molecule has 0 fully saturated rings. The van der Waals surface area contributed by atoms with Gasteiger partial charge in [0.25, 0.3) is 0 Å². The first-order chi connectivity index (χ1) is 13.0. The lowest BCUT2D eigenvalue weighted by atomic mass is 10.3. The van der Waals surface area contributed by atoms with Crippen LogP contribution < -0.4 is 15.4 Å². The zero-order valence-corrected chi connectivity index (χ0v) is 16.2. The molecule has 0 aliphatic carbocycles. The van der Waals surface area contributed by atoms with E-state index >= 15 is 0 Å². The zero-order valence-electron chi connectivity index (χ0n) is 15.5. The van der Waals surface area contributed by atoms with Gasteiger partial charge in [0.15, 0.2) is 17.5 Å². The van der Waals surface area contributed by atoms with Crippen LogP contribution in [-0.4, -0.2) is 52.3 Å². The van der Waals surface area contributed by atoms with Crippen LogP contribution in [0.3, 0.4) is 0 Å². The summed E-state index contributed by atoms with van der Waals surface area (Å²) in [6.45, 7) is 3.29. The molecule has 0 saturated carbocycles. The van der Waals surface area contributed by atoms with Crippen LogP contribution in [0.25, 0.3) is 0 Å². The molecule has 0 radical (unpaired) electrons. The standard InChI is InChI=1S/C18H22ClN7O/c1-12-8-16(25-24-12)22-18-11-20-10-17(23-18)21-13-4-5-14(19)15(9-13)27-7-6-26(2)3/h4-5,8-11H,6-7H2,1-3H3,(H3,21,22,23,24,25). The highest BCUT2D eigenvalue weighted by Crippen LogP contribution is 2.29. The maximum atomic E-state index is 6.22. The minimum Gasteiger partial charge on any atom is -0.491 e. The Morgan fingerprint density at radius 2 is 1.89 bits per heavy atom. The van der Waals surface area contributed by atoms with Crippen molar-refractivity contribution >= 4 is 34.7 Å². The van der Waals surface area contributed by atoms with Crippen molar-refractivity contribution < 1.29 is 4.74 Å². The highest BCUT2D eigenvalue weighted by molar-refractivity contribution is 6.32. The van der Waals surface area contributed by atoms with Gasteiger partial charge in [-0.25, -0.2) is 4.98 Å². The van der Waals surface area contributed by atoms with Gasteiger partial charge in [-0.15, -0.1) is 0 Å². The number of H-pyrrole nitrogens is 1. The highest BCUT2D eigenvalue weighted by Gasteiger charge is 2.06. The van der Waals surface area contributed by atoms with E-state index in [1.165, 1.54) is 0 Å². The fraction of sp³-hybridized carbons (Fsp3) is 0.278. The molecule has 0 aliphatic rings. The summed E-state index contributed by atoms with van der Waals surface area (Å²) in [4.78, 5) is 10.7. The molecule has 8 nitrogen and oxygen atoms in total. The summed E-state index contributed by atoms with van der Waals surface area (Å²) in [5.41, 5.74) is 1.77. The third kappa shape index (κ3) is 5.57. The average molecular weight is 388 g/mol. The van der Waals surface area contributed by atoms with E-state index < -0.39 is 0 Å². The molecule has 0 saturated heterocycles. The van der Waals surface area contributed by atoms with Gasteiger partial charge in [0, 0.05) is 30.1 Å². The van der Waals surface area contributed by atoms with Gasteiger partial charge in [0.05, 0.1) is 17.4 Å². The zero-order chi connectivity index (χ0) is 19.2. The van der Waals surface area contributed by atoms with Gasteiger partial charge in [-0.3, -0.25) is 10.1 Å². The fourth-order valence-electron chi connectivity index (χ4n) is 2.28. The fourth-order valence-corrected chi connectivity index (χ4v) is 2.45. The second kappa shape index (κ2) is 8.70. The number of rotatable bonds is 8. The van der Waals surface area contributed by atoms with Crippen molar-refractivity contribution in [3.05, 3.63) is 47.4 Å². The molecule has 1 aromatic carbocycles. The minimum atomic E-state index is 0.554. The highest BCUT2D eigenvalue weighted by atomic mass is 35.5. The molecule has 142 valence electrons. The number of hydrogen-bond donors (Lipinski definition) is 3. The van der Waals surface area contributed by atoms with E-state index in [0.717, 1.165) is 17.9 Å². The number of ether oxygens (including phenoxy) is 1. The van der Waals surface area contributed by atoms with Crippen molar-refractivity contribution in [2.75, 3.05) is 37.9 Å². The van der Waals surface area contributed by atoms with E-state index in [-0.39, 0.29) is 0 Å². The smallest absolute Gasteiger partial charge is 0.153 e. The van der Waals surface area contributed by atoms with Crippen molar-refractivity contribution in [3.63, 3.8) is 0 Å². The maximum absolute atomic E-state index is 6.22. The number of hydrogen-bond acceptors (Lipinski definition) is 7. The summed E-state index contributed by atoms with van der Waals surface area (Å²) < 4.78 is 5.76. The van der Waals surface area contributed by atoms with E-state index in [4.69, 9.17) is 16.3 Å². The Morgan fingerprint density at radius 1 is 1.11 bits per heavy atom. The topological polar surface area (TPSA) is 91.0 Å².